The van der Waals surface area contributed by atoms with Gasteiger partial charge in [-0.25, -0.2) is 0 Å². The second-order valence-electron chi connectivity index (χ2n) is 5.24. The van der Waals surface area contributed by atoms with Crippen molar-refractivity contribution in [3.8, 4) is 0 Å². The van der Waals surface area contributed by atoms with E-state index in [4.69, 9.17) is 16.1 Å². The lowest BCUT2D eigenvalue weighted by atomic mass is 9.89. The van der Waals surface area contributed by atoms with Crippen molar-refractivity contribution in [1.29, 1.82) is 0 Å². The molecule has 0 aliphatic heterocycles. The second kappa shape index (κ2) is 6.27. The number of aromatic nitrogens is 2. The third-order valence-corrected chi connectivity index (χ3v) is 3.99. The molecule has 106 valence electrons. The molecule has 20 heavy (non-hydrogen) atoms. The summed E-state index contributed by atoms with van der Waals surface area (Å²) in [7, 11) is 0. The number of nitrogens with zero attached hydrogens (tertiary/aromatic N) is 2. The Morgan fingerprint density at radius 2 is 1.90 bits per heavy atom. The van der Waals surface area contributed by atoms with Crippen LogP contribution in [0.1, 0.15) is 49.7 Å². The van der Waals surface area contributed by atoms with E-state index in [1.165, 1.54) is 32.1 Å². The van der Waals surface area contributed by atoms with Crippen LogP contribution in [0.15, 0.2) is 28.8 Å². The fourth-order valence-electron chi connectivity index (χ4n) is 2.61. The molecule has 5 heteroatoms. The van der Waals surface area contributed by atoms with E-state index in [1.807, 2.05) is 24.3 Å². The Hall–Kier alpha value is -1.55. The molecule has 2 aromatic rings. The van der Waals surface area contributed by atoms with Crippen molar-refractivity contribution in [2.24, 2.45) is 0 Å². The monoisotopic (exact) mass is 291 g/mol. The second-order valence-corrected chi connectivity index (χ2v) is 5.68. The van der Waals surface area contributed by atoms with Gasteiger partial charge in [0.25, 0.3) is 0 Å². The van der Waals surface area contributed by atoms with Crippen molar-refractivity contribution >= 4 is 17.3 Å². The SMILES string of the molecule is Clc1ccc(NCc2nc(C3CCCCC3)no2)cc1. The van der Waals surface area contributed by atoms with E-state index in [2.05, 4.69) is 15.5 Å². The fourth-order valence-corrected chi connectivity index (χ4v) is 2.74. The first-order valence-electron chi connectivity index (χ1n) is 7.13. The van der Waals surface area contributed by atoms with Gasteiger partial charge in [-0.15, -0.1) is 0 Å². The quantitative estimate of drug-likeness (QED) is 0.908. The highest BCUT2D eigenvalue weighted by molar-refractivity contribution is 6.30. The lowest BCUT2D eigenvalue weighted by Gasteiger charge is -2.17. The van der Waals surface area contributed by atoms with Crippen molar-refractivity contribution in [3.05, 3.63) is 41.0 Å². The summed E-state index contributed by atoms with van der Waals surface area (Å²) in [5.74, 6) is 2.00. The summed E-state index contributed by atoms with van der Waals surface area (Å²) >= 11 is 5.85. The molecule has 1 heterocycles. The molecule has 1 aromatic heterocycles. The summed E-state index contributed by atoms with van der Waals surface area (Å²) in [5.41, 5.74) is 0.992. The average Bonchev–Trinajstić information content (AvgIpc) is 2.97. The smallest absolute Gasteiger partial charge is 0.245 e. The number of nitrogens with one attached hydrogen (secondary N) is 1. The molecular weight excluding hydrogens is 274 g/mol. The van der Waals surface area contributed by atoms with E-state index in [-0.39, 0.29) is 0 Å². The predicted octanol–water partition coefficient (Wildman–Crippen LogP) is 4.38. The number of hydrogen-bond acceptors (Lipinski definition) is 4. The molecule has 0 amide bonds. The van der Waals surface area contributed by atoms with Crippen LogP contribution >= 0.6 is 11.6 Å². The standard InChI is InChI=1S/C15H18ClN3O/c16-12-6-8-13(9-7-12)17-10-14-18-15(19-20-14)11-4-2-1-3-5-11/h6-9,11,17H,1-5,10H2. The molecule has 1 saturated carbocycles. The molecule has 1 aliphatic carbocycles. The Kier molecular flexibility index (Phi) is 4.21. The van der Waals surface area contributed by atoms with Gasteiger partial charge < -0.3 is 9.84 Å². The highest BCUT2D eigenvalue weighted by atomic mass is 35.5. The van der Waals surface area contributed by atoms with Crippen LogP contribution in [0.5, 0.6) is 0 Å². The van der Waals surface area contributed by atoms with Crippen LogP contribution in [0, 0.1) is 0 Å². The highest BCUT2D eigenvalue weighted by Crippen LogP contribution is 2.30. The molecule has 0 spiro atoms. The molecule has 4 nitrogen and oxygen atoms in total. The van der Waals surface area contributed by atoms with Crippen LogP contribution in [0.2, 0.25) is 5.02 Å². The Morgan fingerprint density at radius 3 is 2.65 bits per heavy atom. The molecule has 0 saturated heterocycles. The van der Waals surface area contributed by atoms with Crippen LogP contribution in [0.3, 0.4) is 0 Å². The van der Waals surface area contributed by atoms with E-state index >= 15 is 0 Å². The first kappa shape index (κ1) is 13.4. The summed E-state index contributed by atoms with van der Waals surface area (Å²) in [6.07, 6.45) is 6.25. The van der Waals surface area contributed by atoms with Crippen LogP contribution < -0.4 is 5.32 Å². The number of hydrogen-bond donors (Lipinski definition) is 1. The third kappa shape index (κ3) is 3.31. The number of halogens is 1. The first-order valence-corrected chi connectivity index (χ1v) is 7.51. The molecule has 1 aliphatic rings. The van der Waals surface area contributed by atoms with E-state index in [0.717, 1.165) is 16.5 Å². The summed E-state index contributed by atoms with van der Waals surface area (Å²) in [4.78, 5) is 4.50. The highest BCUT2D eigenvalue weighted by Gasteiger charge is 2.20. The van der Waals surface area contributed by atoms with Gasteiger partial charge in [0, 0.05) is 16.6 Å². The summed E-state index contributed by atoms with van der Waals surface area (Å²) in [6, 6.07) is 7.57. The van der Waals surface area contributed by atoms with Crippen LogP contribution in [-0.4, -0.2) is 10.1 Å². The zero-order valence-electron chi connectivity index (χ0n) is 11.3. The molecule has 0 radical (unpaired) electrons. The number of benzene rings is 1. The van der Waals surface area contributed by atoms with Crippen LogP contribution in [0.4, 0.5) is 5.69 Å². The van der Waals surface area contributed by atoms with E-state index < -0.39 is 0 Å². The van der Waals surface area contributed by atoms with E-state index in [9.17, 15) is 0 Å². The molecule has 1 fully saturated rings. The van der Waals surface area contributed by atoms with Gasteiger partial charge in [0.15, 0.2) is 5.82 Å². The minimum Gasteiger partial charge on any atom is -0.376 e. The third-order valence-electron chi connectivity index (χ3n) is 3.74. The van der Waals surface area contributed by atoms with E-state index in [0.29, 0.717) is 18.4 Å². The number of anilines is 1. The summed E-state index contributed by atoms with van der Waals surface area (Å²) < 4.78 is 5.31. The van der Waals surface area contributed by atoms with Gasteiger partial charge in [0.1, 0.15) is 0 Å². The van der Waals surface area contributed by atoms with Crippen molar-refractivity contribution in [3.63, 3.8) is 0 Å². The minimum absolute atomic E-state index is 0.483. The van der Waals surface area contributed by atoms with Gasteiger partial charge in [-0.05, 0) is 37.1 Å². The molecule has 0 atom stereocenters. The van der Waals surface area contributed by atoms with Crippen molar-refractivity contribution < 1.29 is 4.52 Å². The summed E-state index contributed by atoms with van der Waals surface area (Å²) in [5, 5.41) is 8.10. The van der Waals surface area contributed by atoms with Gasteiger partial charge in [0.2, 0.25) is 5.89 Å². The zero-order chi connectivity index (χ0) is 13.8. The van der Waals surface area contributed by atoms with Crippen molar-refractivity contribution in [2.45, 2.75) is 44.6 Å². The van der Waals surface area contributed by atoms with Crippen molar-refractivity contribution in [2.75, 3.05) is 5.32 Å². The molecule has 1 N–H and O–H groups in total. The first-order chi connectivity index (χ1) is 9.81. The molecule has 0 bridgehead atoms. The molecule has 0 unspecified atom stereocenters. The Bertz CT molecular complexity index is 547. The lowest BCUT2D eigenvalue weighted by Crippen LogP contribution is -2.06. The maximum atomic E-state index is 5.85. The summed E-state index contributed by atoms with van der Waals surface area (Å²) in [6.45, 7) is 0.543. The van der Waals surface area contributed by atoms with Crippen LogP contribution in [0.25, 0.3) is 0 Å². The number of rotatable bonds is 4. The maximum Gasteiger partial charge on any atom is 0.245 e. The largest absolute Gasteiger partial charge is 0.376 e. The van der Waals surface area contributed by atoms with Crippen LogP contribution in [-0.2, 0) is 6.54 Å². The Balaban J connectivity index is 1.58. The maximum absolute atomic E-state index is 5.85. The van der Waals surface area contributed by atoms with Crippen molar-refractivity contribution in [1.82, 2.24) is 10.1 Å². The normalized spacial score (nSPS) is 16.2. The topological polar surface area (TPSA) is 51.0 Å². The van der Waals surface area contributed by atoms with Gasteiger partial charge in [-0.1, -0.05) is 36.0 Å². The minimum atomic E-state index is 0.483. The average molecular weight is 292 g/mol. The fraction of sp³-hybridized carbons (Fsp3) is 0.467. The van der Waals surface area contributed by atoms with Gasteiger partial charge >= 0.3 is 0 Å². The van der Waals surface area contributed by atoms with Gasteiger partial charge in [-0.3, -0.25) is 0 Å². The Morgan fingerprint density at radius 1 is 1.15 bits per heavy atom. The molecule has 3 rings (SSSR count). The zero-order valence-corrected chi connectivity index (χ0v) is 12.1. The lowest BCUT2D eigenvalue weighted by molar-refractivity contribution is 0.361. The molecular formula is C15H18ClN3O. The predicted molar refractivity (Wildman–Crippen MR) is 78.9 cm³/mol. The van der Waals surface area contributed by atoms with Gasteiger partial charge in [-0.2, -0.15) is 4.98 Å². The van der Waals surface area contributed by atoms with E-state index in [1.54, 1.807) is 0 Å². The molecule has 1 aromatic carbocycles. The van der Waals surface area contributed by atoms with Gasteiger partial charge in [0.05, 0.1) is 6.54 Å². The Labute approximate surface area is 123 Å².